The van der Waals surface area contributed by atoms with Crippen LogP contribution in [0, 0.1) is 5.92 Å². The number of para-hydroxylation sites is 2. The molecule has 94 valence electrons. The number of fused-ring (bicyclic) bond motifs is 1. The van der Waals surface area contributed by atoms with Crippen LogP contribution in [0.5, 0.6) is 0 Å². The van der Waals surface area contributed by atoms with Crippen LogP contribution < -0.4 is 10.2 Å². The standard InChI is InChI=1S/C14H16N2O2/c1-9(2)14(18)16-8-10(3)13(17)15-11-6-4-5-7-12(11)16/h4-7,10H,1,8H2,2-3H3,(H,15,17)/t10-/m1/s1. The lowest BCUT2D eigenvalue weighted by Crippen LogP contribution is -2.36. The Morgan fingerprint density at radius 3 is 2.78 bits per heavy atom. The number of anilines is 2. The van der Waals surface area contributed by atoms with Gasteiger partial charge in [0.2, 0.25) is 5.91 Å². The van der Waals surface area contributed by atoms with Crippen molar-refractivity contribution in [3.8, 4) is 0 Å². The summed E-state index contributed by atoms with van der Waals surface area (Å²) >= 11 is 0. The minimum Gasteiger partial charge on any atom is -0.324 e. The zero-order valence-electron chi connectivity index (χ0n) is 10.6. The second-order valence-electron chi connectivity index (χ2n) is 4.60. The van der Waals surface area contributed by atoms with Gasteiger partial charge in [-0.25, -0.2) is 0 Å². The molecule has 0 aliphatic carbocycles. The van der Waals surface area contributed by atoms with Gasteiger partial charge < -0.3 is 10.2 Å². The quantitative estimate of drug-likeness (QED) is 0.770. The number of amides is 2. The molecule has 18 heavy (non-hydrogen) atoms. The van der Waals surface area contributed by atoms with Gasteiger partial charge in [-0.2, -0.15) is 0 Å². The maximum absolute atomic E-state index is 12.2. The number of carbonyl (C=O) groups excluding carboxylic acids is 2. The fourth-order valence-electron chi connectivity index (χ4n) is 1.95. The van der Waals surface area contributed by atoms with Crippen molar-refractivity contribution < 1.29 is 9.59 Å². The van der Waals surface area contributed by atoms with E-state index >= 15 is 0 Å². The van der Waals surface area contributed by atoms with Gasteiger partial charge in [0.25, 0.3) is 5.91 Å². The molecule has 2 rings (SSSR count). The van der Waals surface area contributed by atoms with E-state index < -0.39 is 0 Å². The molecule has 1 aliphatic heterocycles. The minimum absolute atomic E-state index is 0.0699. The monoisotopic (exact) mass is 244 g/mol. The van der Waals surface area contributed by atoms with Gasteiger partial charge in [0.1, 0.15) is 0 Å². The van der Waals surface area contributed by atoms with E-state index in [9.17, 15) is 9.59 Å². The summed E-state index contributed by atoms with van der Waals surface area (Å²) in [6, 6.07) is 7.30. The van der Waals surface area contributed by atoms with Gasteiger partial charge in [0.05, 0.1) is 17.3 Å². The van der Waals surface area contributed by atoms with Crippen LogP contribution in [0.25, 0.3) is 0 Å². The average Bonchev–Trinajstić information content (AvgIpc) is 2.46. The number of hydrogen-bond donors (Lipinski definition) is 1. The van der Waals surface area contributed by atoms with Crippen LogP contribution in [-0.4, -0.2) is 18.4 Å². The summed E-state index contributed by atoms with van der Waals surface area (Å²) < 4.78 is 0. The SMILES string of the molecule is C=C(C)C(=O)N1C[C@@H](C)C(=O)Nc2ccccc21. The van der Waals surface area contributed by atoms with Crippen LogP contribution >= 0.6 is 0 Å². The summed E-state index contributed by atoms with van der Waals surface area (Å²) in [7, 11) is 0. The number of rotatable bonds is 1. The first-order chi connectivity index (χ1) is 8.50. The van der Waals surface area contributed by atoms with E-state index in [2.05, 4.69) is 11.9 Å². The second kappa shape index (κ2) is 4.64. The fourth-order valence-corrected chi connectivity index (χ4v) is 1.95. The van der Waals surface area contributed by atoms with Crippen LogP contribution in [0.4, 0.5) is 11.4 Å². The third kappa shape index (κ3) is 2.14. The van der Waals surface area contributed by atoms with Crippen molar-refractivity contribution in [3.05, 3.63) is 36.4 Å². The number of nitrogens with zero attached hydrogens (tertiary/aromatic N) is 1. The highest BCUT2D eigenvalue weighted by Gasteiger charge is 2.28. The van der Waals surface area contributed by atoms with Gasteiger partial charge >= 0.3 is 0 Å². The molecule has 1 heterocycles. The molecule has 0 aromatic heterocycles. The molecule has 2 amide bonds. The Balaban J connectivity index is 2.49. The van der Waals surface area contributed by atoms with Crippen molar-refractivity contribution >= 4 is 23.2 Å². The van der Waals surface area contributed by atoms with Gasteiger partial charge in [0.15, 0.2) is 0 Å². The van der Waals surface area contributed by atoms with Crippen molar-refractivity contribution in [2.75, 3.05) is 16.8 Å². The van der Waals surface area contributed by atoms with Crippen molar-refractivity contribution in [2.24, 2.45) is 5.92 Å². The van der Waals surface area contributed by atoms with Crippen molar-refractivity contribution in [1.82, 2.24) is 0 Å². The van der Waals surface area contributed by atoms with Crippen molar-refractivity contribution in [3.63, 3.8) is 0 Å². The molecule has 0 unspecified atom stereocenters. The van der Waals surface area contributed by atoms with Crippen LogP contribution in [0.1, 0.15) is 13.8 Å². The minimum atomic E-state index is -0.249. The Morgan fingerprint density at radius 2 is 2.11 bits per heavy atom. The molecule has 0 saturated carbocycles. The lowest BCUT2D eigenvalue weighted by atomic mass is 10.1. The zero-order valence-corrected chi connectivity index (χ0v) is 10.6. The summed E-state index contributed by atoms with van der Waals surface area (Å²) in [5, 5.41) is 2.83. The first-order valence-electron chi connectivity index (χ1n) is 5.88. The number of nitrogens with one attached hydrogen (secondary N) is 1. The molecule has 1 N–H and O–H groups in total. The molecule has 1 atom stereocenters. The number of carbonyl (C=O) groups is 2. The van der Waals surface area contributed by atoms with E-state index in [1.807, 2.05) is 18.2 Å². The molecular formula is C14H16N2O2. The predicted molar refractivity (Wildman–Crippen MR) is 71.4 cm³/mol. The van der Waals surface area contributed by atoms with E-state index in [1.165, 1.54) is 0 Å². The van der Waals surface area contributed by atoms with Gasteiger partial charge in [0, 0.05) is 12.1 Å². The molecule has 0 radical (unpaired) electrons. The molecular weight excluding hydrogens is 228 g/mol. The van der Waals surface area contributed by atoms with Gasteiger partial charge in [-0.15, -0.1) is 0 Å². The normalized spacial score (nSPS) is 18.7. The van der Waals surface area contributed by atoms with E-state index in [4.69, 9.17) is 0 Å². The Kier molecular flexibility index (Phi) is 3.19. The molecule has 1 aliphatic rings. The molecule has 0 bridgehead atoms. The summed E-state index contributed by atoms with van der Waals surface area (Å²) in [5.74, 6) is -0.467. The van der Waals surface area contributed by atoms with Gasteiger partial charge in [-0.3, -0.25) is 9.59 Å². The average molecular weight is 244 g/mol. The predicted octanol–water partition coefficient (Wildman–Crippen LogP) is 2.18. The second-order valence-corrected chi connectivity index (χ2v) is 4.60. The first-order valence-corrected chi connectivity index (χ1v) is 5.88. The topological polar surface area (TPSA) is 49.4 Å². The third-order valence-electron chi connectivity index (χ3n) is 2.97. The Morgan fingerprint density at radius 1 is 1.44 bits per heavy atom. The molecule has 0 spiro atoms. The first kappa shape index (κ1) is 12.4. The lowest BCUT2D eigenvalue weighted by molar-refractivity contribution is -0.119. The van der Waals surface area contributed by atoms with Crippen LogP contribution in [0.15, 0.2) is 36.4 Å². The third-order valence-corrected chi connectivity index (χ3v) is 2.97. The van der Waals surface area contributed by atoms with E-state index in [-0.39, 0.29) is 17.7 Å². The highest BCUT2D eigenvalue weighted by molar-refractivity contribution is 6.10. The molecule has 0 saturated heterocycles. The Labute approximate surface area is 106 Å². The van der Waals surface area contributed by atoms with Crippen LogP contribution in [-0.2, 0) is 9.59 Å². The van der Waals surface area contributed by atoms with Crippen LogP contribution in [0.3, 0.4) is 0 Å². The van der Waals surface area contributed by atoms with Crippen LogP contribution in [0.2, 0.25) is 0 Å². The van der Waals surface area contributed by atoms with E-state index in [1.54, 1.807) is 24.8 Å². The van der Waals surface area contributed by atoms with Crippen molar-refractivity contribution in [2.45, 2.75) is 13.8 Å². The molecule has 4 nitrogen and oxygen atoms in total. The smallest absolute Gasteiger partial charge is 0.253 e. The fraction of sp³-hybridized carbons (Fsp3) is 0.286. The maximum atomic E-state index is 12.2. The van der Waals surface area contributed by atoms with Gasteiger partial charge in [-0.1, -0.05) is 25.6 Å². The lowest BCUT2D eigenvalue weighted by Gasteiger charge is -2.23. The van der Waals surface area contributed by atoms with Gasteiger partial charge in [-0.05, 0) is 19.1 Å². The highest BCUT2D eigenvalue weighted by Crippen LogP contribution is 2.30. The van der Waals surface area contributed by atoms with E-state index in [0.29, 0.717) is 17.8 Å². The highest BCUT2D eigenvalue weighted by atomic mass is 16.2. The number of hydrogen-bond acceptors (Lipinski definition) is 2. The summed E-state index contributed by atoms with van der Waals surface area (Å²) in [6.45, 7) is 7.53. The summed E-state index contributed by atoms with van der Waals surface area (Å²) in [5.41, 5.74) is 1.86. The summed E-state index contributed by atoms with van der Waals surface area (Å²) in [4.78, 5) is 25.6. The Bertz CT molecular complexity index is 522. The Hall–Kier alpha value is -2.10. The summed E-state index contributed by atoms with van der Waals surface area (Å²) in [6.07, 6.45) is 0. The van der Waals surface area contributed by atoms with E-state index in [0.717, 1.165) is 5.69 Å². The van der Waals surface area contributed by atoms with Crippen molar-refractivity contribution in [1.29, 1.82) is 0 Å². The largest absolute Gasteiger partial charge is 0.324 e. The number of benzene rings is 1. The maximum Gasteiger partial charge on any atom is 0.253 e. The molecule has 0 fully saturated rings. The molecule has 4 heteroatoms. The zero-order chi connectivity index (χ0) is 13.3. The molecule has 1 aromatic rings. The molecule has 1 aromatic carbocycles.